The molecule has 1 amide bonds. The second kappa shape index (κ2) is 6.06. The lowest BCUT2D eigenvalue weighted by molar-refractivity contribution is -0.0727. The van der Waals surface area contributed by atoms with Gasteiger partial charge in [0.25, 0.3) is 5.91 Å². The van der Waals surface area contributed by atoms with Crippen molar-refractivity contribution in [2.24, 2.45) is 23.2 Å². The number of hydrogen-bond acceptors (Lipinski definition) is 2. The van der Waals surface area contributed by atoms with E-state index in [-0.39, 0.29) is 23.1 Å². The summed E-state index contributed by atoms with van der Waals surface area (Å²) in [5.41, 5.74) is 0.614. The molecule has 0 unspecified atom stereocenters. The van der Waals surface area contributed by atoms with E-state index in [0.717, 1.165) is 24.2 Å². The largest absolute Gasteiger partial charge is 0.347 e. The fraction of sp³-hybridized carbons (Fsp3) is 0.789. The van der Waals surface area contributed by atoms with Gasteiger partial charge in [-0.15, -0.1) is 0 Å². The number of aryl methyl sites for hydroxylation is 1. The smallest absolute Gasteiger partial charge is 0.333 e. The molecule has 0 aromatic carbocycles. The van der Waals surface area contributed by atoms with Gasteiger partial charge in [0.1, 0.15) is 0 Å². The lowest BCUT2D eigenvalue weighted by atomic mass is 9.47. The maximum absolute atomic E-state index is 12.9. The van der Waals surface area contributed by atoms with Gasteiger partial charge < -0.3 is 5.32 Å². The van der Waals surface area contributed by atoms with Gasteiger partial charge in [-0.3, -0.25) is 4.79 Å². The van der Waals surface area contributed by atoms with Gasteiger partial charge in [0.2, 0.25) is 0 Å². The van der Waals surface area contributed by atoms with Crippen LogP contribution in [0.5, 0.6) is 0 Å². The normalized spacial score (nSPS) is 34.5. The Balaban J connectivity index is 1.52. The van der Waals surface area contributed by atoms with Crippen molar-refractivity contribution < 1.29 is 13.6 Å². The zero-order chi connectivity index (χ0) is 17.8. The molecule has 0 radical (unpaired) electrons. The van der Waals surface area contributed by atoms with Crippen molar-refractivity contribution in [3.8, 4) is 0 Å². The first kappa shape index (κ1) is 17.0. The van der Waals surface area contributed by atoms with E-state index < -0.39 is 6.55 Å². The highest BCUT2D eigenvalue weighted by Crippen LogP contribution is 2.61. The molecule has 1 heterocycles. The molecule has 4 nitrogen and oxygen atoms in total. The monoisotopic (exact) mass is 351 g/mol. The third kappa shape index (κ3) is 2.87. The third-order valence-corrected chi connectivity index (χ3v) is 6.88. The maximum Gasteiger partial charge on any atom is 0.333 e. The van der Waals surface area contributed by atoms with Gasteiger partial charge in [0, 0.05) is 11.7 Å². The standard InChI is InChI=1S/C19H27F2N3O/c1-3-16(19-8-12-5-13(9-19)7-14(6-12)10-19)22-17(25)15-4-11(2)24(23-15)18(20)21/h4,12-14,16,18H,3,5-10H2,1-2H3,(H,22,25)/t12?,13?,14?,16-,19?/m0/s1. The summed E-state index contributed by atoms with van der Waals surface area (Å²) in [4.78, 5) is 12.7. The number of nitrogens with zero attached hydrogens (tertiary/aromatic N) is 2. The zero-order valence-corrected chi connectivity index (χ0v) is 15.0. The Labute approximate surface area is 147 Å². The average Bonchev–Trinajstić information content (AvgIpc) is 2.93. The Kier molecular flexibility index (Phi) is 4.12. The summed E-state index contributed by atoms with van der Waals surface area (Å²) in [5, 5.41) is 6.96. The summed E-state index contributed by atoms with van der Waals surface area (Å²) >= 11 is 0. The number of alkyl halides is 2. The van der Waals surface area contributed by atoms with Crippen molar-refractivity contribution in [3.05, 3.63) is 17.5 Å². The Bertz CT molecular complexity index is 634. The van der Waals surface area contributed by atoms with E-state index in [2.05, 4.69) is 17.3 Å². The van der Waals surface area contributed by atoms with Crippen LogP contribution in [0.3, 0.4) is 0 Å². The van der Waals surface area contributed by atoms with Crippen LogP contribution in [0, 0.1) is 30.1 Å². The van der Waals surface area contributed by atoms with Crippen LogP contribution in [0.1, 0.15) is 74.6 Å². The molecule has 4 aliphatic carbocycles. The van der Waals surface area contributed by atoms with Gasteiger partial charge in [-0.1, -0.05) is 6.92 Å². The SMILES string of the molecule is CC[C@H](NC(=O)c1cc(C)n(C(F)F)n1)C12CC3CC(CC(C3)C1)C2. The molecule has 4 bridgehead atoms. The van der Waals surface area contributed by atoms with E-state index >= 15 is 0 Å². The molecule has 4 fully saturated rings. The van der Waals surface area contributed by atoms with Gasteiger partial charge in [-0.25, -0.2) is 4.68 Å². The Morgan fingerprint density at radius 1 is 1.28 bits per heavy atom. The van der Waals surface area contributed by atoms with Crippen LogP contribution in [0.15, 0.2) is 6.07 Å². The number of aromatic nitrogens is 2. The van der Waals surface area contributed by atoms with E-state index in [1.165, 1.54) is 44.6 Å². The maximum atomic E-state index is 12.9. The lowest BCUT2D eigenvalue weighted by Crippen LogP contribution is -2.56. The van der Waals surface area contributed by atoms with Gasteiger partial charge in [0.05, 0.1) is 0 Å². The van der Waals surface area contributed by atoms with Crippen LogP contribution < -0.4 is 5.32 Å². The first-order valence-electron chi connectivity index (χ1n) is 9.55. The molecular formula is C19H27F2N3O. The van der Waals surface area contributed by atoms with Crippen LogP contribution in [0.4, 0.5) is 8.78 Å². The number of nitrogens with one attached hydrogen (secondary N) is 1. The molecule has 138 valence electrons. The molecule has 1 aromatic rings. The molecule has 0 spiro atoms. The van der Waals surface area contributed by atoms with Crippen LogP contribution in [0.2, 0.25) is 0 Å². The molecule has 4 saturated carbocycles. The second-order valence-corrected chi connectivity index (χ2v) is 8.61. The van der Waals surface area contributed by atoms with Crippen LogP contribution in [0.25, 0.3) is 0 Å². The number of hydrogen-bond donors (Lipinski definition) is 1. The summed E-state index contributed by atoms with van der Waals surface area (Å²) < 4.78 is 26.4. The van der Waals surface area contributed by atoms with Gasteiger partial charge in [-0.2, -0.15) is 13.9 Å². The van der Waals surface area contributed by atoms with Crippen molar-refractivity contribution in [1.29, 1.82) is 0 Å². The van der Waals surface area contributed by atoms with E-state index in [4.69, 9.17) is 0 Å². The molecule has 6 heteroatoms. The Morgan fingerprint density at radius 3 is 2.28 bits per heavy atom. The van der Waals surface area contributed by atoms with E-state index in [0.29, 0.717) is 10.4 Å². The van der Waals surface area contributed by atoms with Crippen LogP contribution in [-0.2, 0) is 0 Å². The summed E-state index contributed by atoms with van der Waals surface area (Å²) in [6.07, 6.45) is 8.60. The Morgan fingerprint density at radius 2 is 1.84 bits per heavy atom. The number of carbonyl (C=O) groups is 1. The molecular weight excluding hydrogens is 324 g/mol. The van der Waals surface area contributed by atoms with Crippen LogP contribution in [-0.4, -0.2) is 21.7 Å². The van der Waals surface area contributed by atoms with Crippen molar-refractivity contribution in [2.75, 3.05) is 0 Å². The number of amides is 1. The lowest BCUT2D eigenvalue weighted by Gasteiger charge is -2.59. The predicted octanol–water partition coefficient (Wildman–Crippen LogP) is 4.31. The first-order valence-corrected chi connectivity index (χ1v) is 9.55. The third-order valence-electron chi connectivity index (χ3n) is 6.88. The van der Waals surface area contributed by atoms with Gasteiger partial charge in [0.15, 0.2) is 5.69 Å². The van der Waals surface area contributed by atoms with Crippen molar-refractivity contribution in [2.45, 2.75) is 71.4 Å². The minimum Gasteiger partial charge on any atom is -0.347 e. The van der Waals surface area contributed by atoms with Crippen molar-refractivity contribution >= 4 is 5.91 Å². The fourth-order valence-electron chi connectivity index (χ4n) is 6.32. The predicted molar refractivity (Wildman–Crippen MR) is 90.4 cm³/mol. The number of carbonyl (C=O) groups excluding carboxylic acids is 1. The minimum atomic E-state index is -2.72. The van der Waals surface area contributed by atoms with E-state index in [1.54, 1.807) is 6.92 Å². The van der Waals surface area contributed by atoms with Crippen molar-refractivity contribution in [1.82, 2.24) is 15.1 Å². The van der Waals surface area contributed by atoms with E-state index in [1.807, 2.05) is 0 Å². The average molecular weight is 351 g/mol. The zero-order valence-electron chi connectivity index (χ0n) is 15.0. The Hall–Kier alpha value is -1.46. The molecule has 0 aliphatic heterocycles. The van der Waals surface area contributed by atoms with Gasteiger partial charge >= 0.3 is 6.55 Å². The second-order valence-electron chi connectivity index (χ2n) is 8.61. The molecule has 0 saturated heterocycles. The minimum absolute atomic E-state index is 0.0981. The van der Waals surface area contributed by atoms with Gasteiger partial charge in [-0.05, 0) is 81.1 Å². The molecule has 1 aromatic heterocycles. The number of rotatable bonds is 5. The molecule has 1 atom stereocenters. The fourth-order valence-corrected chi connectivity index (χ4v) is 6.32. The molecule has 4 aliphatic rings. The number of halogens is 2. The highest BCUT2D eigenvalue weighted by molar-refractivity contribution is 5.92. The summed E-state index contributed by atoms with van der Waals surface area (Å²) in [6, 6.07) is 1.57. The van der Waals surface area contributed by atoms with Crippen molar-refractivity contribution in [3.63, 3.8) is 0 Å². The topological polar surface area (TPSA) is 46.9 Å². The summed E-state index contributed by atoms with van der Waals surface area (Å²) in [6.45, 7) is 0.950. The molecule has 5 rings (SSSR count). The quantitative estimate of drug-likeness (QED) is 0.859. The highest BCUT2D eigenvalue weighted by atomic mass is 19.3. The summed E-state index contributed by atoms with van der Waals surface area (Å²) in [5.74, 6) is 2.14. The first-order chi connectivity index (χ1) is 11.9. The van der Waals surface area contributed by atoms with E-state index in [9.17, 15) is 13.6 Å². The highest BCUT2D eigenvalue weighted by Gasteiger charge is 2.54. The van der Waals surface area contributed by atoms with Crippen LogP contribution >= 0.6 is 0 Å². The molecule has 1 N–H and O–H groups in total. The summed E-state index contributed by atoms with van der Waals surface area (Å²) in [7, 11) is 0. The molecule has 25 heavy (non-hydrogen) atoms.